The number of benzene rings is 1. The van der Waals surface area contributed by atoms with Crippen molar-refractivity contribution in [1.29, 1.82) is 0 Å². The molecule has 0 aliphatic heterocycles. The number of aromatic nitrogens is 1. The Bertz CT molecular complexity index is 554. The molecular weight excluding hydrogens is 267 g/mol. The van der Waals surface area contributed by atoms with Gasteiger partial charge in [0.2, 0.25) is 0 Å². The van der Waals surface area contributed by atoms with Gasteiger partial charge in [-0.3, -0.25) is 0 Å². The van der Waals surface area contributed by atoms with Gasteiger partial charge < -0.3 is 9.73 Å². The van der Waals surface area contributed by atoms with Crippen LogP contribution in [0.25, 0.3) is 11.3 Å². The number of oxazole rings is 1. The third-order valence-corrected chi connectivity index (χ3v) is 3.07. The molecule has 0 amide bonds. The van der Waals surface area contributed by atoms with Gasteiger partial charge in [-0.25, -0.2) is 9.37 Å². The van der Waals surface area contributed by atoms with Crippen molar-refractivity contribution < 1.29 is 8.81 Å². The van der Waals surface area contributed by atoms with E-state index in [1.165, 1.54) is 12.5 Å². The van der Waals surface area contributed by atoms with Crippen molar-refractivity contribution in [3.8, 4) is 11.3 Å². The van der Waals surface area contributed by atoms with E-state index in [1.807, 2.05) is 0 Å². The molecule has 0 saturated carbocycles. The quantitative estimate of drug-likeness (QED) is 0.904. The summed E-state index contributed by atoms with van der Waals surface area (Å²) >= 11 is 5.96. The monoisotopic (exact) mass is 282 g/mol. The molecule has 1 aromatic carbocycles. The molecule has 1 aromatic heterocycles. The molecule has 0 aliphatic rings. The fourth-order valence-corrected chi connectivity index (χ4v) is 1.98. The van der Waals surface area contributed by atoms with E-state index in [-0.39, 0.29) is 5.02 Å². The fraction of sp³-hybridized carbons (Fsp3) is 0.357. The van der Waals surface area contributed by atoms with Crippen molar-refractivity contribution in [2.75, 3.05) is 6.54 Å². The maximum absolute atomic E-state index is 13.5. The van der Waals surface area contributed by atoms with Crippen LogP contribution in [0.2, 0.25) is 5.02 Å². The molecule has 1 heterocycles. The van der Waals surface area contributed by atoms with Crippen LogP contribution < -0.4 is 5.32 Å². The van der Waals surface area contributed by atoms with Crippen LogP contribution in [0.5, 0.6) is 0 Å². The Kier molecular flexibility index (Phi) is 4.56. The molecule has 1 N–H and O–H groups in total. The number of halogens is 2. The van der Waals surface area contributed by atoms with Crippen LogP contribution in [0.1, 0.15) is 19.5 Å². The number of rotatable bonds is 5. The summed E-state index contributed by atoms with van der Waals surface area (Å²) in [5.74, 6) is 0.602. The number of hydrogen-bond acceptors (Lipinski definition) is 3. The summed E-state index contributed by atoms with van der Waals surface area (Å²) in [6.45, 7) is 5.69. The molecule has 2 rings (SSSR count). The highest BCUT2D eigenvalue weighted by Crippen LogP contribution is 2.31. The van der Waals surface area contributed by atoms with Gasteiger partial charge in [-0.15, -0.1) is 0 Å². The molecule has 0 saturated heterocycles. The maximum atomic E-state index is 13.5. The molecule has 0 bridgehead atoms. The van der Waals surface area contributed by atoms with Gasteiger partial charge in [0.05, 0.1) is 5.02 Å². The summed E-state index contributed by atoms with van der Waals surface area (Å²) in [7, 11) is 0. The molecule has 0 fully saturated rings. The highest BCUT2D eigenvalue weighted by atomic mass is 35.5. The smallest absolute Gasteiger partial charge is 0.181 e. The summed E-state index contributed by atoms with van der Waals surface area (Å²) < 4.78 is 18.8. The first-order valence-electron chi connectivity index (χ1n) is 6.17. The second-order valence-corrected chi connectivity index (χ2v) is 5.13. The van der Waals surface area contributed by atoms with Gasteiger partial charge in [0.25, 0.3) is 0 Å². The van der Waals surface area contributed by atoms with Gasteiger partial charge in [0.1, 0.15) is 11.5 Å². The van der Waals surface area contributed by atoms with E-state index in [4.69, 9.17) is 16.0 Å². The third kappa shape index (κ3) is 3.33. The second kappa shape index (κ2) is 6.17. The Morgan fingerprint density at radius 3 is 2.95 bits per heavy atom. The largest absolute Gasteiger partial charge is 0.443 e. The fourth-order valence-electron chi connectivity index (χ4n) is 1.77. The van der Waals surface area contributed by atoms with Crippen LogP contribution in [0.4, 0.5) is 4.39 Å². The molecule has 0 atom stereocenters. The van der Waals surface area contributed by atoms with E-state index >= 15 is 0 Å². The van der Waals surface area contributed by atoms with Gasteiger partial charge in [0, 0.05) is 12.1 Å². The first kappa shape index (κ1) is 14.0. The summed E-state index contributed by atoms with van der Waals surface area (Å²) in [5, 5.41) is 3.33. The predicted molar refractivity (Wildman–Crippen MR) is 73.5 cm³/mol. The standard InChI is InChI=1S/C14H16ClFN2O/c1-9(2)6-17-7-12-14(19-8-18-12)10-4-3-5-11(16)13(10)15/h3-5,8-9,17H,6-7H2,1-2H3. The Hall–Kier alpha value is -1.39. The highest BCUT2D eigenvalue weighted by molar-refractivity contribution is 6.33. The lowest BCUT2D eigenvalue weighted by atomic mass is 10.1. The van der Waals surface area contributed by atoms with Crippen molar-refractivity contribution in [1.82, 2.24) is 10.3 Å². The Balaban J connectivity index is 2.21. The lowest BCUT2D eigenvalue weighted by molar-refractivity contribution is 0.544. The molecule has 0 unspecified atom stereocenters. The predicted octanol–water partition coefficient (Wildman–Crippen LogP) is 3.88. The topological polar surface area (TPSA) is 38.1 Å². The van der Waals surface area contributed by atoms with Crippen LogP contribution in [-0.2, 0) is 6.54 Å². The molecule has 2 aromatic rings. The lowest BCUT2D eigenvalue weighted by Gasteiger charge is -2.07. The van der Waals surface area contributed by atoms with E-state index in [1.54, 1.807) is 12.1 Å². The maximum Gasteiger partial charge on any atom is 0.181 e. The zero-order valence-electron chi connectivity index (χ0n) is 10.9. The van der Waals surface area contributed by atoms with E-state index in [9.17, 15) is 4.39 Å². The van der Waals surface area contributed by atoms with Crippen LogP contribution in [0.3, 0.4) is 0 Å². The van der Waals surface area contributed by atoms with Gasteiger partial charge in [0.15, 0.2) is 12.2 Å². The molecule has 102 valence electrons. The van der Waals surface area contributed by atoms with Gasteiger partial charge in [-0.1, -0.05) is 31.5 Å². The van der Waals surface area contributed by atoms with Crippen molar-refractivity contribution in [3.05, 3.63) is 41.1 Å². The van der Waals surface area contributed by atoms with Gasteiger partial charge >= 0.3 is 0 Å². The second-order valence-electron chi connectivity index (χ2n) is 4.75. The number of hydrogen-bond donors (Lipinski definition) is 1. The molecule has 0 aliphatic carbocycles. The molecule has 19 heavy (non-hydrogen) atoms. The first-order chi connectivity index (χ1) is 9.09. The average molecular weight is 283 g/mol. The summed E-state index contributed by atoms with van der Waals surface area (Å²) in [6, 6.07) is 4.64. The Morgan fingerprint density at radius 1 is 1.42 bits per heavy atom. The molecular formula is C14H16ClFN2O. The third-order valence-electron chi connectivity index (χ3n) is 2.68. The Morgan fingerprint density at radius 2 is 2.21 bits per heavy atom. The molecule has 0 spiro atoms. The van der Waals surface area contributed by atoms with Crippen molar-refractivity contribution in [3.63, 3.8) is 0 Å². The molecule has 3 nitrogen and oxygen atoms in total. The van der Waals surface area contributed by atoms with Gasteiger partial charge in [-0.05, 0) is 24.6 Å². The minimum atomic E-state index is -0.461. The normalized spacial score (nSPS) is 11.2. The Labute approximate surface area is 116 Å². The van der Waals surface area contributed by atoms with Crippen LogP contribution in [0.15, 0.2) is 29.0 Å². The van der Waals surface area contributed by atoms with E-state index in [0.29, 0.717) is 23.8 Å². The SMILES string of the molecule is CC(C)CNCc1ncoc1-c1cccc(F)c1Cl. The van der Waals surface area contributed by atoms with Crippen molar-refractivity contribution in [2.24, 2.45) is 5.92 Å². The van der Waals surface area contributed by atoms with E-state index in [2.05, 4.69) is 24.1 Å². The van der Waals surface area contributed by atoms with Crippen molar-refractivity contribution in [2.45, 2.75) is 20.4 Å². The van der Waals surface area contributed by atoms with Crippen LogP contribution >= 0.6 is 11.6 Å². The minimum absolute atomic E-state index is 0.0596. The molecule has 0 radical (unpaired) electrons. The highest BCUT2D eigenvalue weighted by Gasteiger charge is 2.15. The van der Waals surface area contributed by atoms with E-state index in [0.717, 1.165) is 12.2 Å². The van der Waals surface area contributed by atoms with E-state index < -0.39 is 5.82 Å². The first-order valence-corrected chi connectivity index (χ1v) is 6.55. The van der Waals surface area contributed by atoms with Crippen LogP contribution in [-0.4, -0.2) is 11.5 Å². The summed E-state index contributed by atoms with van der Waals surface area (Å²) in [6.07, 6.45) is 1.35. The summed E-state index contributed by atoms with van der Waals surface area (Å²) in [5.41, 5.74) is 1.26. The van der Waals surface area contributed by atoms with Crippen LogP contribution in [0, 0.1) is 11.7 Å². The number of nitrogens with one attached hydrogen (secondary N) is 1. The minimum Gasteiger partial charge on any atom is -0.443 e. The lowest BCUT2D eigenvalue weighted by Crippen LogP contribution is -2.19. The van der Waals surface area contributed by atoms with Crippen molar-refractivity contribution >= 4 is 11.6 Å². The zero-order chi connectivity index (χ0) is 13.8. The summed E-state index contributed by atoms with van der Waals surface area (Å²) in [4.78, 5) is 4.15. The van der Waals surface area contributed by atoms with Gasteiger partial charge in [-0.2, -0.15) is 0 Å². The molecule has 5 heteroatoms. The zero-order valence-corrected chi connectivity index (χ0v) is 11.7. The number of nitrogens with zero attached hydrogens (tertiary/aromatic N) is 1. The average Bonchev–Trinajstić information content (AvgIpc) is 2.80.